The van der Waals surface area contributed by atoms with Gasteiger partial charge >= 0.3 is 0 Å². The van der Waals surface area contributed by atoms with Crippen LogP contribution in [0, 0.1) is 0 Å². The van der Waals surface area contributed by atoms with Gasteiger partial charge in [-0.3, -0.25) is 19.0 Å². The Bertz CT molecular complexity index is 1700. The molecule has 0 saturated carbocycles. The first kappa shape index (κ1) is 24.4. The molecule has 4 aromatic heterocycles. The number of rotatable bonds is 6. The van der Waals surface area contributed by atoms with Gasteiger partial charge in [0.1, 0.15) is 28.5 Å². The van der Waals surface area contributed by atoms with Crippen LogP contribution in [0.25, 0.3) is 28.0 Å². The number of nitrogen functional groups attached to an aromatic ring is 1. The molecule has 11 nitrogen and oxygen atoms in total. The Labute approximate surface area is 227 Å². The third kappa shape index (κ3) is 4.50. The highest BCUT2D eigenvalue weighted by Crippen LogP contribution is 2.36. The molecule has 2 amide bonds. The van der Waals surface area contributed by atoms with Crippen LogP contribution < -0.4 is 11.1 Å². The van der Waals surface area contributed by atoms with Crippen LogP contribution in [0.4, 0.5) is 11.5 Å². The van der Waals surface area contributed by atoms with Crippen molar-refractivity contribution in [2.24, 2.45) is 0 Å². The van der Waals surface area contributed by atoms with Gasteiger partial charge < -0.3 is 16.0 Å². The Morgan fingerprint density at radius 1 is 1.18 bits per heavy atom. The van der Waals surface area contributed by atoms with Gasteiger partial charge in [-0.25, -0.2) is 9.97 Å². The normalized spacial score (nSPS) is 15.0. The monoisotopic (exact) mass is 537 g/mol. The van der Waals surface area contributed by atoms with Gasteiger partial charge in [-0.2, -0.15) is 0 Å². The van der Waals surface area contributed by atoms with Gasteiger partial charge in [-0.15, -0.1) is 5.10 Å². The van der Waals surface area contributed by atoms with Crippen LogP contribution in [0.15, 0.2) is 73.2 Å². The average Bonchev–Trinajstić information content (AvgIpc) is 3.73. The number of benzene rings is 1. The summed E-state index contributed by atoms with van der Waals surface area (Å²) in [6.07, 6.45) is 9.45. The maximum Gasteiger partial charge on any atom is 0.257 e. The van der Waals surface area contributed by atoms with Crippen molar-refractivity contribution in [3.63, 3.8) is 0 Å². The standard InChI is InChI=1S/C27H23N9O2S/c1-2-22(37)35-10-3-4-21(35)26-32-23(24-25(28)30-9-11-36(24)26)17-12-18(14-29-13-17)27(38)31-19-7-5-16(6-8-19)20-15-39-34-33-20/h2,5-9,11-15,21H,1,3-4,10H2,(H2,28,30)(H,31,38)/t21-/m0/s1. The van der Waals surface area contributed by atoms with E-state index in [0.717, 1.165) is 24.1 Å². The van der Waals surface area contributed by atoms with Crippen molar-refractivity contribution in [2.45, 2.75) is 18.9 Å². The van der Waals surface area contributed by atoms with Crippen molar-refractivity contribution in [1.82, 2.24) is 33.8 Å². The third-order valence-corrected chi connectivity index (χ3v) is 7.20. The topological polar surface area (TPSA) is 144 Å². The highest BCUT2D eigenvalue weighted by molar-refractivity contribution is 7.03. The summed E-state index contributed by atoms with van der Waals surface area (Å²) in [6, 6.07) is 8.85. The molecule has 1 saturated heterocycles. The van der Waals surface area contributed by atoms with E-state index in [1.54, 1.807) is 29.6 Å². The zero-order valence-electron chi connectivity index (χ0n) is 20.7. The molecule has 5 aromatic rings. The van der Waals surface area contributed by atoms with Crippen molar-refractivity contribution in [2.75, 3.05) is 17.6 Å². The fraction of sp³-hybridized carbons (Fsp3) is 0.148. The molecule has 0 radical (unpaired) electrons. The molecule has 6 rings (SSSR count). The molecule has 1 atom stereocenters. The lowest BCUT2D eigenvalue weighted by Crippen LogP contribution is -2.29. The van der Waals surface area contributed by atoms with E-state index in [4.69, 9.17) is 10.7 Å². The SMILES string of the molecule is C=CC(=O)N1CCC[C@H]1c1nc(-c2cncc(C(=O)Nc3ccc(-c4csnn4)cc3)c2)c2c(N)nccn12. The maximum atomic E-state index is 13.1. The van der Waals surface area contributed by atoms with Crippen LogP contribution in [0.1, 0.15) is 35.1 Å². The zero-order chi connectivity index (χ0) is 26.9. The zero-order valence-corrected chi connectivity index (χ0v) is 21.5. The first-order chi connectivity index (χ1) is 19.0. The van der Waals surface area contributed by atoms with Crippen molar-refractivity contribution < 1.29 is 9.59 Å². The Morgan fingerprint density at radius 3 is 2.79 bits per heavy atom. The maximum absolute atomic E-state index is 13.1. The predicted molar refractivity (Wildman–Crippen MR) is 148 cm³/mol. The second kappa shape index (κ2) is 10.1. The minimum Gasteiger partial charge on any atom is -0.382 e. The van der Waals surface area contributed by atoms with E-state index in [9.17, 15) is 9.59 Å². The number of hydrogen-bond acceptors (Lipinski definition) is 9. The summed E-state index contributed by atoms with van der Waals surface area (Å²) in [6.45, 7) is 4.26. The first-order valence-corrected chi connectivity index (χ1v) is 13.1. The minimum atomic E-state index is -0.319. The minimum absolute atomic E-state index is 0.144. The number of nitrogens with zero attached hydrogens (tertiary/aromatic N) is 7. The van der Waals surface area contributed by atoms with Gasteiger partial charge in [-0.1, -0.05) is 23.2 Å². The number of fused-ring (bicyclic) bond motifs is 1. The van der Waals surface area contributed by atoms with Gasteiger partial charge in [0.15, 0.2) is 0 Å². The van der Waals surface area contributed by atoms with Gasteiger partial charge in [0.2, 0.25) is 5.91 Å². The Kier molecular flexibility index (Phi) is 6.29. The Hall–Kier alpha value is -4.97. The first-order valence-electron chi connectivity index (χ1n) is 12.2. The molecule has 1 fully saturated rings. The van der Waals surface area contributed by atoms with Crippen LogP contribution in [0.5, 0.6) is 0 Å². The number of amides is 2. The van der Waals surface area contributed by atoms with E-state index in [1.165, 1.54) is 23.8 Å². The van der Waals surface area contributed by atoms with E-state index in [2.05, 4.69) is 31.5 Å². The van der Waals surface area contributed by atoms with E-state index < -0.39 is 0 Å². The van der Waals surface area contributed by atoms with Gasteiger partial charge in [0.05, 0.1) is 11.6 Å². The Morgan fingerprint density at radius 2 is 2.03 bits per heavy atom. The van der Waals surface area contributed by atoms with Crippen LogP contribution in [-0.2, 0) is 4.79 Å². The van der Waals surface area contributed by atoms with Crippen LogP contribution in [-0.4, -0.2) is 52.2 Å². The molecular formula is C27H23N9O2S. The second-order valence-corrected chi connectivity index (χ2v) is 9.64. The lowest BCUT2D eigenvalue weighted by molar-refractivity contribution is -0.127. The highest BCUT2D eigenvalue weighted by Gasteiger charge is 2.33. The molecule has 0 aliphatic carbocycles. The summed E-state index contributed by atoms with van der Waals surface area (Å²) in [5, 5.41) is 8.83. The summed E-state index contributed by atoms with van der Waals surface area (Å²) in [7, 11) is 0. The molecule has 194 valence electrons. The molecule has 1 aliphatic heterocycles. The molecule has 3 N–H and O–H groups in total. The van der Waals surface area contributed by atoms with Gasteiger partial charge in [0.25, 0.3) is 5.91 Å². The number of aromatic nitrogens is 6. The van der Waals surface area contributed by atoms with Crippen molar-refractivity contribution in [1.29, 1.82) is 0 Å². The van der Waals surface area contributed by atoms with E-state index in [0.29, 0.717) is 40.4 Å². The quantitative estimate of drug-likeness (QED) is 0.309. The van der Waals surface area contributed by atoms with E-state index in [-0.39, 0.29) is 23.7 Å². The van der Waals surface area contributed by atoms with Gasteiger partial charge in [-0.05, 0) is 48.6 Å². The van der Waals surface area contributed by atoms with Crippen LogP contribution >= 0.6 is 11.5 Å². The summed E-state index contributed by atoms with van der Waals surface area (Å²) in [4.78, 5) is 40.9. The lowest BCUT2D eigenvalue weighted by atomic mass is 10.1. The number of carbonyl (C=O) groups excluding carboxylic acids is 2. The molecule has 1 aromatic carbocycles. The van der Waals surface area contributed by atoms with Crippen LogP contribution in [0.2, 0.25) is 0 Å². The molecular weight excluding hydrogens is 514 g/mol. The molecule has 12 heteroatoms. The van der Waals surface area contributed by atoms with Crippen molar-refractivity contribution in [3.05, 3.63) is 84.5 Å². The second-order valence-electron chi connectivity index (χ2n) is 9.03. The number of hydrogen-bond donors (Lipinski definition) is 2. The average molecular weight is 538 g/mol. The molecule has 0 unspecified atom stereocenters. The molecule has 1 aliphatic rings. The fourth-order valence-electron chi connectivity index (χ4n) is 4.85. The van der Waals surface area contributed by atoms with Crippen LogP contribution in [0.3, 0.4) is 0 Å². The molecule has 39 heavy (non-hydrogen) atoms. The summed E-state index contributed by atoms with van der Waals surface area (Å²) in [5.41, 5.74) is 10.7. The summed E-state index contributed by atoms with van der Waals surface area (Å²) in [5.74, 6) is 0.499. The predicted octanol–water partition coefficient (Wildman–Crippen LogP) is 3.99. The van der Waals surface area contributed by atoms with Crippen molar-refractivity contribution in [3.8, 4) is 22.5 Å². The third-order valence-electron chi connectivity index (χ3n) is 6.69. The molecule has 0 bridgehead atoms. The van der Waals surface area contributed by atoms with E-state index in [1.807, 2.05) is 34.0 Å². The number of nitrogens with two attached hydrogens (primary N) is 1. The molecule has 5 heterocycles. The number of carbonyl (C=O) groups is 2. The smallest absolute Gasteiger partial charge is 0.257 e. The number of anilines is 2. The number of nitrogens with one attached hydrogen (secondary N) is 1. The van der Waals surface area contributed by atoms with Gasteiger partial charge in [0, 0.05) is 53.5 Å². The number of likely N-dealkylation sites (tertiary alicyclic amines) is 1. The Balaban J connectivity index is 1.32. The lowest BCUT2D eigenvalue weighted by Gasteiger charge is -2.22. The van der Waals surface area contributed by atoms with Crippen molar-refractivity contribution >= 4 is 40.4 Å². The molecule has 0 spiro atoms. The van der Waals surface area contributed by atoms with E-state index >= 15 is 0 Å². The largest absolute Gasteiger partial charge is 0.382 e. The summed E-state index contributed by atoms with van der Waals surface area (Å²) >= 11 is 1.28. The highest BCUT2D eigenvalue weighted by atomic mass is 32.1. The summed E-state index contributed by atoms with van der Waals surface area (Å²) < 4.78 is 5.75. The number of pyridine rings is 1. The number of imidazole rings is 1. The fourth-order valence-corrected chi connectivity index (χ4v) is 5.32.